The maximum Gasteiger partial charge on any atom is 1.00 e. The predicted molar refractivity (Wildman–Crippen MR) is 17.9 cm³/mol. The van der Waals surface area contributed by atoms with E-state index in [2.05, 4.69) is 0 Å². The predicted octanol–water partition coefficient (Wildman–Crippen LogP) is -2.51. The summed E-state index contributed by atoms with van der Waals surface area (Å²) < 4.78 is 0. The van der Waals surface area contributed by atoms with Crippen LogP contribution in [0.5, 0.6) is 0 Å². The van der Waals surface area contributed by atoms with Crippen molar-refractivity contribution in [2.24, 2.45) is 0 Å². The average molecular weight is 98.1 g/mol. The fraction of sp³-hybridized carbons (Fsp3) is 0.667. The molecule has 6 heavy (non-hydrogen) atoms. The first-order valence-corrected chi connectivity index (χ1v) is 1.49. The number of carboxylic acids is 1. The van der Waals surface area contributed by atoms with Crippen LogP contribution in [0.15, 0.2) is 0 Å². The van der Waals surface area contributed by atoms with Gasteiger partial charge in [-0.05, 0) is 0 Å². The Kier molecular flexibility index (Phi) is 8.83. The zero-order valence-corrected chi connectivity index (χ0v) is 6.06. The van der Waals surface area contributed by atoms with E-state index in [1.807, 2.05) is 0 Å². The van der Waals surface area contributed by atoms with Gasteiger partial charge in [-0.3, -0.25) is 4.79 Å². The van der Waals surface area contributed by atoms with E-state index in [-0.39, 0.29) is 36.0 Å². The van der Waals surface area contributed by atoms with Crippen LogP contribution >= 0.6 is 0 Å². The molecule has 0 aliphatic carbocycles. The Bertz CT molecular complexity index is 44.1. The van der Waals surface area contributed by atoms with Crippen LogP contribution in [0.2, 0.25) is 0 Å². The molecule has 2 nitrogen and oxygen atoms in total. The second kappa shape index (κ2) is 5.47. The maximum atomic E-state index is 9.37. The van der Waals surface area contributed by atoms with E-state index in [1.165, 1.54) is 0 Å². The summed E-state index contributed by atoms with van der Waals surface area (Å²) in [7, 11) is 0. The Morgan fingerprint density at radius 3 is 2.00 bits per heavy atom. The van der Waals surface area contributed by atoms with Gasteiger partial charge in [0, 0.05) is 6.42 Å². The Morgan fingerprint density at radius 1 is 1.83 bits per heavy atom. The molecule has 0 aromatic carbocycles. The average Bonchev–Trinajstić information content (AvgIpc) is 1.38. The van der Waals surface area contributed by atoms with Gasteiger partial charge in [-0.1, -0.05) is 6.92 Å². The summed E-state index contributed by atoms with van der Waals surface area (Å²) in [6.07, 6.45) is 0.222. The molecular weight excluding hydrogens is 92.0 g/mol. The molecule has 1 N–H and O–H groups in total. The van der Waals surface area contributed by atoms with Crippen LogP contribution in [0.25, 0.3) is 0 Å². The largest absolute Gasteiger partial charge is 1.00 e. The van der Waals surface area contributed by atoms with Crippen molar-refractivity contribution in [1.29, 1.82) is 0 Å². The zero-order chi connectivity index (χ0) is 4.28. The van der Waals surface area contributed by atoms with Crippen LogP contribution in [0, 0.1) is 0 Å². The molecule has 0 aromatic rings. The Hall–Kier alpha value is 0.470. The third-order valence-electron chi connectivity index (χ3n) is 0.302. The van der Waals surface area contributed by atoms with E-state index in [4.69, 9.17) is 5.11 Å². The molecule has 0 saturated carbocycles. The topological polar surface area (TPSA) is 37.3 Å². The van der Waals surface area contributed by atoms with Crippen LogP contribution in [0.1, 0.15) is 13.3 Å². The number of hydrogen-bond acceptors (Lipinski definition) is 1. The van der Waals surface area contributed by atoms with Crippen molar-refractivity contribution in [3.8, 4) is 0 Å². The van der Waals surface area contributed by atoms with Gasteiger partial charge in [-0.2, -0.15) is 0 Å². The molecule has 0 aromatic heterocycles. The minimum atomic E-state index is -0.745. The van der Waals surface area contributed by atoms with Crippen molar-refractivity contribution in [2.45, 2.75) is 13.3 Å². The molecule has 0 aliphatic rings. The summed E-state index contributed by atoms with van der Waals surface area (Å²) in [5, 5.41) is 7.72. The van der Waals surface area contributed by atoms with Crippen molar-refractivity contribution in [1.82, 2.24) is 0 Å². The van der Waals surface area contributed by atoms with E-state index >= 15 is 0 Å². The van der Waals surface area contributed by atoms with Gasteiger partial charge in [-0.15, -0.1) is 0 Å². The fourth-order valence-electron chi connectivity index (χ4n) is 0. The summed E-state index contributed by atoms with van der Waals surface area (Å²) in [5.74, 6) is -0.745. The number of hydrogen-bond donors (Lipinski definition) is 1. The molecule has 0 rings (SSSR count). The van der Waals surface area contributed by atoms with Crippen molar-refractivity contribution in [3.63, 3.8) is 0 Å². The van der Waals surface area contributed by atoms with Crippen LogP contribution < -0.4 is 29.6 Å². The SMILES string of the molecule is CC[13C](=O)O.[Na+]. The van der Waals surface area contributed by atoms with E-state index < -0.39 is 5.97 Å². The van der Waals surface area contributed by atoms with Gasteiger partial charge in [0.1, 0.15) is 0 Å². The summed E-state index contributed by atoms with van der Waals surface area (Å²) >= 11 is 0. The maximum absolute atomic E-state index is 9.37. The van der Waals surface area contributed by atoms with Crippen LogP contribution in [-0.4, -0.2) is 11.1 Å². The summed E-state index contributed by atoms with van der Waals surface area (Å²) in [4.78, 5) is 9.37. The molecule has 0 heterocycles. The molecule has 3 heteroatoms. The fourth-order valence-corrected chi connectivity index (χ4v) is 0. The molecular formula is C3H6NaO2+. The van der Waals surface area contributed by atoms with Gasteiger partial charge in [-0.25, -0.2) is 0 Å². The van der Waals surface area contributed by atoms with Gasteiger partial charge in [0.05, 0.1) is 0 Å². The molecule has 0 saturated heterocycles. The standard InChI is InChI=1S/C3H6O2.Na/c1-2-3(4)5;/h2H2,1H3,(H,4,5);/q;+1/i3+1;. The molecule has 0 spiro atoms. The number of rotatable bonds is 1. The number of carboxylic acid groups (broad SMARTS) is 1. The third-order valence-corrected chi connectivity index (χ3v) is 0.302. The Labute approximate surface area is 58.8 Å². The minimum absolute atomic E-state index is 0. The van der Waals surface area contributed by atoms with Gasteiger partial charge < -0.3 is 5.11 Å². The number of aliphatic carboxylic acids is 1. The first-order valence-electron chi connectivity index (χ1n) is 1.49. The number of carbonyl (C=O) groups is 1. The van der Waals surface area contributed by atoms with E-state index in [1.54, 1.807) is 6.92 Å². The monoisotopic (exact) mass is 98.0 g/mol. The second-order valence-electron chi connectivity index (χ2n) is 0.747. The Balaban J connectivity index is 0. The summed E-state index contributed by atoms with van der Waals surface area (Å²) in [6.45, 7) is 1.60. The van der Waals surface area contributed by atoms with E-state index in [9.17, 15) is 4.79 Å². The first-order chi connectivity index (χ1) is 2.27. The summed E-state index contributed by atoms with van der Waals surface area (Å²) in [6, 6.07) is 0. The second-order valence-corrected chi connectivity index (χ2v) is 0.747. The zero-order valence-electron chi connectivity index (χ0n) is 4.06. The Morgan fingerprint density at radius 2 is 2.00 bits per heavy atom. The van der Waals surface area contributed by atoms with Crippen molar-refractivity contribution in [3.05, 3.63) is 0 Å². The van der Waals surface area contributed by atoms with Gasteiger partial charge in [0.2, 0.25) is 0 Å². The van der Waals surface area contributed by atoms with E-state index in [0.717, 1.165) is 0 Å². The van der Waals surface area contributed by atoms with Gasteiger partial charge in [0.25, 0.3) is 0 Å². The molecule has 30 valence electrons. The molecule has 0 amide bonds. The van der Waals surface area contributed by atoms with Crippen molar-refractivity contribution in [2.75, 3.05) is 0 Å². The molecule has 0 aliphatic heterocycles. The minimum Gasteiger partial charge on any atom is -0.481 e. The van der Waals surface area contributed by atoms with E-state index in [0.29, 0.717) is 0 Å². The van der Waals surface area contributed by atoms with Crippen molar-refractivity contribution >= 4 is 5.97 Å². The van der Waals surface area contributed by atoms with Gasteiger partial charge in [0.15, 0.2) is 0 Å². The quantitative estimate of drug-likeness (QED) is 0.290. The molecule has 0 atom stereocenters. The summed E-state index contributed by atoms with van der Waals surface area (Å²) in [5.41, 5.74) is 0. The van der Waals surface area contributed by atoms with Crippen LogP contribution in [-0.2, 0) is 4.79 Å². The van der Waals surface area contributed by atoms with Crippen LogP contribution in [0.4, 0.5) is 0 Å². The van der Waals surface area contributed by atoms with Crippen LogP contribution in [0.3, 0.4) is 0 Å². The van der Waals surface area contributed by atoms with Gasteiger partial charge >= 0.3 is 35.5 Å². The van der Waals surface area contributed by atoms with Crippen molar-refractivity contribution < 1.29 is 39.5 Å². The molecule has 0 fully saturated rings. The smallest absolute Gasteiger partial charge is 0.481 e. The molecule has 0 bridgehead atoms. The first kappa shape index (κ1) is 9.69. The normalized spacial score (nSPS) is 6.17. The molecule has 0 unspecified atom stereocenters. The molecule has 0 radical (unpaired) electrons. The third kappa shape index (κ3) is 8.82.